The number of benzene rings is 8. The van der Waals surface area contributed by atoms with Crippen molar-refractivity contribution in [2.75, 3.05) is 14.7 Å². The Kier molecular flexibility index (Phi) is 9.98. The molecule has 8 aromatic rings. The molecule has 0 radical (unpaired) electrons. The predicted molar refractivity (Wildman–Crippen MR) is 305 cm³/mol. The second kappa shape index (κ2) is 15.6. The molecule has 12 rings (SSSR count). The van der Waals surface area contributed by atoms with Crippen molar-refractivity contribution in [3.05, 3.63) is 203 Å². The number of anilines is 9. The summed E-state index contributed by atoms with van der Waals surface area (Å²) in [5, 5.41) is 0. The summed E-state index contributed by atoms with van der Waals surface area (Å²) in [6.45, 7) is 28.9. The fourth-order valence-electron chi connectivity index (χ4n) is 14.0. The van der Waals surface area contributed by atoms with E-state index in [4.69, 9.17) is 0 Å². The molecule has 0 saturated heterocycles. The van der Waals surface area contributed by atoms with Crippen molar-refractivity contribution in [1.82, 2.24) is 0 Å². The molecule has 0 N–H and O–H groups in total. The summed E-state index contributed by atoms with van der Waals surface area (Å²) >= 11 is 0. The van der Waals surface area contributed by atoms with Gasteiger partial charge in [-0.25, -0.2) is 0 Å². The van der Waals surface area contributed by atoms with Crippen LogP contribution in [0.1, 0.15) is 122 Å². The Morgan fingerprint density at radius 3 is 1.54 bits per heavy atom. The summed E-state index contributed by atoms with van der Waals surface area (Å²) in [7, 11) is 0. The topological polar surface area (TPSA) is 9.72 Å². The third-order valence-corrected chi connectivity index (χ3v) is 16.8. The molecule has 0 unspecified atom stereocenters. The highest BCUT2D eigenvalue weighted by atomic mass is 15.2. The van der Waals surface area contributed by atoms with Gasteiger partial charge in [0, 0.05) is 45.5 Å². The fraction of sp³-hybridized carbons (Fsp3) is 0.284. The van der Waals surface area contributed by atoms with Crippen molar-refractivity contribution in [2.45, 2.75) is 123 Å². The van der Waals surface area contributed by atoms with Crippen LogP contribution >= 0.6 is 0 Å². The molecule has 0 amide bonds. The summed E-state index contributed by atoms with van der Waals surface area (Å²) in [6.07, 6.45) is 2.22. The van der Waals surface area contributed by atoms with Crippen molar-refractivity contribution in [1.29, 1.82) is 0 Å². The van der Waals surface area contributed by atoms with Crippen LogP contribution in [0.3, 0.4) is 0 Å². The zero-order valence-corrected chi connectivity index (χ0v) is 44.0. The van der Waals surface area contributed by atoms with E-state index in [0.29, 0.717) is 0 Å². The van der Waals surface area contributed by atoms with Crippen LogP contribution in [0.5, 0.6) is 0 Å². The first-order valence-corrected chi connectivity index (χ1v) is 26.0. The Morgan fingerprint density at radius 2 is 0.944 bits per heavy atom. The van der Waals surface area contributed by atoms with Crippen LogP contribution in [0, 0.1) is 6.92 Å². The van der Waals surface area contributed by atoms with E-state index in [9.17, 15) is 0 Å². The largest absolute Gasteiger partial charge is 0.311 e. The first-order valence-electron chi connectivity index (χ1n) is 26.0. The first-order chi connectivity index (χ1) is 33.7. The molecule has 0 aromatic heterocycles. The van der Waals surface area contributed by atoms with E-state index in [0.717, 1.165) is 29.9 Å². The zero-order valence-electron chi connectivity index (χ0n) is 44.0. The van der Waals surface area contributed by atoms with Crippen LogP contribution in [-0.2, 0) is 27.1 Å². The minimum atomic E-state index is -0.0409. The average Bonchev–Trinajstić information content (AvgIpc) is 3.64. The minimum absolute atomic E-state index is 0.00663. The lowest BCUT2D eigenvalue weighted by atomic mass is 9.33. The fourth-order valence-corrected chi connectivity index (χ4v) is 14.0. The monoisotopic (exact) mass is 926 g/mol. The van der Waals surface area contributed by atoms with Crippen molar-refractivity contribution >= 4 is 74.3 Å². The summed E-state index contributed by atoms with van der Waals surface area (Å²) in [5.74, 6) is 0. The van der Waals surface area contributed by atoms with Gasteiger partial charge in [0.25, 0.3) is 6.71 Å². The maximum Gasteiger partial charge on any atom is 0.252 e. The first kappa shape index (κ1) is 45.4. The van der Waals surface area contributed by atoms with Crippen molar-refractivity contribution < 1.29 is 0 Å². The van der Waals surface area contributed by atoms with Gasteiger partial charge in [-0.05, 0) is 174 Å². The van der Waals surface area contributed by atoms with Crippen molar-refractivity contribution in [3.8, 4) is 11.1 Å². The van der Waals surface area contributed by atoms with Gasteiger partial charge < -0.3 is 14.7 Å². The predicted octanol–water partition coefficient (Wildman–Crippen LogP) is 16.4. The zero-order chi connectivity index (χ0) is 49.6. The van der Waals surface area contributed by atoms with Crippen LogP contribution in [0.15, 0.2) is 170 Å². The number of para-hydroxylation sites is 2. The van der Waals surface area contributed by atoms with Gasteiger partial charge in [0.2, 0.25) is 0 Å². The molecule has 0 saturated carbocycles. The van der Waals surface area contributed by atoms with Gasteiger partial charge in [0.15, 0.2) is 0 Å². The summed E-state index contributed by atoms with van der Waals surface area (Å²) < 4.78 is 0. The highest BCUT2D eigenvalue weighted by molar-refractivity contribution is 7.00. The van der Waals surface area contributed by atoms with Gasteiger partial charge in [0.1, 0.15) is 0 Å². The van der Waals surface area contributed by atoms with E-state index < -0.39 is 0 Å². The van der Waals surface area contributed by atoms with Gasteiger partial charge in [-0.3, -0.25) is 0 Å². The number of hydrogen-bond acceptors (Lipinski definition) is 3. The maximum absolute atomic E-state index is 2.69. The lowest BCUT2D eigenvalue weighted by molar-refractivity contribution is 0.403. The van der Waals surface area contributed by atoms with Gasteiger partial charge in [-0.2, -0.15) is 0 Å². The molecule has 2 aliphatic carbocycles. The average molecular weight is 926 g/mol. The van der Waals surface area contributed by atoms with E-state index in [1.807, 2.05) is 0 Å². The smallest absolute Gasteiger partial charge is 0.252 e. The Morgan fingerprint density at radius 1 is 0.423 bits per heavy atom. The molecule has 4 heteroatoms. The third-order valence-electron chi connectivity index (χ3n) is 16.8. The maximum atomic E-state index is 2.69. The van der Waals surface area contributed by atoms with Gasteiger partial charge in [-0.1, -0.05) is 179 Å². The summed E-state index contributed by atoms with van der Waals surface area (Å²) in [6, 6.07) is 65.2. The second-order valence-corrected chi connectivity index (χ2v) is 25.0. The molecule has 8 aromatic carbocycles. The standard InChI is InChI=1S/C67H68BN3/c1-43-34-46(63(2,3)4)29-33-57(43)71-58-32-28-45(44-22-16-13-17-23-44)35-55(58)68-56-39-53-54(67(11,12)42-66(53,9)10)40-59(56)70(49-30-31-51-52(36-49)65(7,8)41-64(51,5)6)60-37-50(38-61(71)62(60)68)69(47-24-18-14-19-25-47)48-26-20-15-21-27-48/h13-40H,41-42H2,1-12H3. The number of hydrogen-bond donors (Lipinski definition) is 0. The number of rotatable bonds is 6. The van der Waals surface area contributed by atoms with Gasteiger partial charge in [-0.15, -0.1) is 0 Å². The molecule has 3 nitrogen and oxygen atoms in total. The van der Waals surface area contributed by atoms with Crippen molar-refractivity contribution in [2.24, 2.45) is 0 Å². The van der Waals surface area contributed by atoms with E-state index in [-0.39, 0.29) is 33.8 Å². The highest BCUT2D eigenvalue weighted by Gasteiger charge is 2.49. The molecule has 0 fully saturated rings. The number of aryl methyl sites for hydroxylation is 1. The molecule has 0 bridgehead atoms. The Labute approximate surface area is 424 Å². The molecule has 0 spiro atoms. The second-order valence-electron chi connectivity index (χ2n) is 25.0. The van der Waals surface area contributed by atoms with Gasteiger partial charge >= 0.3 is 0 Å². The van der Waals surface area contributed by atoms with Crippen LogP contribution < -0.4 is 31.1 Å². The van der Waals surface area contributed by atoms with E-state index >= 15 is 0 Å². The normalized spacial score (nSPS) is 17.3. The van der Waals surface area contributed by atoms with Crippen LogP contribution in [0.2, 0.25) is 0 Å². The molecular weight excluding hydrogens is 858 g/mol. The molecule has 354 valence electrons. The Bertz CT molecular complexity index is 3390. The summed E-state index contributed by atoms with van der Waals surface area (Å²) in [4.78, 5) is 7.77. The lowest BCUT2D eigenvalue weighted by Gasteiger charge is -2.46. The van der Waals surface area contributed by atoms with Gasteiger partial charge in [0.05, 0.1) is 5.69 Å². The molecule has 0 atom stereocenters. The van der Waals surface area contributed by atoms with Crippen molar-refractivity contribution in [3.63, 3.8) is 0 Å². The van der Waals surface area contributed by atoms with Crippen LogP contribution in [-0.4, -0.2) is 6.71 Å². The minimum Gasteiger partial charge on any atom is -0.311 e. The lowest BCUT2D eigenvalue weighted by Crippen LogP contribution is -2.61. The summed E-state index contributed by atoms with van der Waals surface area (Å²) in [5.41, 5.74) is 25.9. The van der Waals surface area contributed by atoms with E-state index in [1.165, 1.54) is 95.0 Å². The van der Waals surface area contributed by atoms with Crippen LogP contribution in [0.4, 0.5) is 51.2 Å². The van der Waals surface area contributed by atoms with Crippen LogP contribution in [0.25, 0.3) is 11.1 Å². The Hall–Kier alpha value is -6.78. The van der Waals surface area contributed by atoms with E-state index in [2.05, 4.69) is 268 Å². The molecule has 2 aliphatic heterocycles. The molecule has 4 aliphatic rings. The number of nitrogens with zero attached hydrogens (tertiary/aromatic N) is 3. The highest BCUT2D eigenvalue weighted by Crippen LogP contribution is 2.56. The Balaban J connectivity index is 1.24. The number of fused-ring (bicyclic) bond motifs is 6. The SMILES string of the molecule is Cc1cc(C(C)(C)C)ccc1N1c2ccc(-c3ccccc3)cc2B2c3cc4c(cc3N(c3ccc5c(c3)C(C)(C)CC5(C)C)c3cc(N(c5ccccc5)c5ccccc5)cc1c32)C(C)(C)CC4(C)C. The van der Waals surface area contributed by atoms with E-state index in [1.54, 1.807) is 0 Å². The molecular formula is C67H68BN3. The quantitative estimate of drug-likeness (QED) is 0.154. The molecule has 2 heterocycles. The molecule has 71 heavy (non-hydrogen) atoms. The third kappa shape index (κ3) is 7.14.